The van der Waals surface area contributed by atoms with E-state index >= 15 is 0 Å². The third-order valence-electron chi connectivity index (χ3n) is 4.75. The minimum atomic E-state index is -0.570. The number of nitrogens with one attached hydrogen (secondary N) is 1. The van der Waals surface area contributed by atoms with Crippen molar-refractivity contribution in [1.29, 1.82) is 0 Å². The predicted molar refractivity (Wildman–Crippen MR) is 121 cm³/mol. The maximum atomic E-state index is 13.2. The van der Waals surface area contributed by atoms with Gasteiger partial charge in [-0.3, -0.25) is 14.8 Å². The lowest BCUT2D eigenvalue weighted by Gasteiger charge is -2.10. The van der Waals surface area contributed by atoms with Gasteiger partial charge < -0.3 is 4.98 Å². The number of aromatic amines is 1. The number of aromatic nitrogens is 4. The summed E-state index contributed by atoms with van der Waals surface area (Å²) in [7, 11) is 0. The Balaban J connectivity index is 1.96. The summed E-state index contributed by atoms with van der Waals surface area (Å²) < 4.78 is 1.06. The monoisotopic (exact) mass is 416 g/mol. The van der Waals surface area contributed by atoms with Crippen LogP contribution >= 0.6 is 11.6 Å². The summed E-state index contributed by atoms with van der Waals surface area (Å²) in [6, 6.07) is 8.79. The quantitative estimate of drug-likeness (QED) is 0.502. The SMILES string of the molecule is C=C/C=C(Cl)\C(=C/C)c1ccc2c(=O)n(-c3cncc4cccnc34)c(=O)[nH]c2c1. The molecule has 0 saturated heterocycles. The summed E-state index contributed by atoms with van der Waals surface area (Å²) >= 11 is 6.33. The highest BCUT2D eigenvalue weighted by Gasteiger charge is 2.14. The molecule has 0 saturated carbocycles. The van der Waals surface area contributed by atoms with E-state index in [1.54, 1.807) is 48.8 Å². The van der Waals surface area contributed by atoms with Crippen LogP contribution in [0.25, 0.3) is 33.1 Å². The first kappa shape index (κ1) is 19.5. The van der Waals surface area contributed by atoms with Crippen LogP contribution in [-0.2, 0) is 0 Å². The summed E-state index contributed by atoms with van der Waals surface area (Å²) in [4.78, 5) is 37.3. The Hall–Kier alpha value is -3.77. The van der Waals surface area contributed by atoms with Crippen molar-refractivity contribution < 1.29 is 0 Å². The Labute approximate surface area is 176 Å². The molecule has 0 amide bonds. The summed E-state index contributed by atoms with van der Waals surface area (Å²) in [6.07, 6.45) is 9.84. The van der Waals surface area contributed by atoms with E-state index in [-0.39, 0.29) is 0 Å². The molecule has 148 valence electrons. The average Bonchev–Trinajstić information content (AvgIpc) is 2.74. The number of allylic oxidation sites excluding steroid dienone is 5. The molecule has 0 fully saturated rings. The fraction of sp³-hybridized carbons (Fsp3) is 0.0435. The van der Waals surface area contributed by atoms with E-state index in [9.17, 15) is 9.59 Å². The zero-order chi connectivity index (χ0) is 21.3. The van der Waals surface area contributed by atoms with Gasteiger partial charge in [-0.15, -0.1) is 0 Å². The molecule has 0 bridgehead atoms. The van der Waals surface area contributed by atoms with Crippen LogP contribution in [0.1, 0.15) is 12.5 Å². The molecule has 0 radical (unpaired) electrons. The Morgan fingerprint density at radius 3 is 2.83 bits per heavy atom. The van der Waals surface area contributed by atoms with E-state index in [2.05, 4.69) is 21.5 Å². The number of hydrogen-bond acceptors (Lipinski definition) is 4. The Morgan fingerprint density at radius 1 is 1.23 bits per heavy atom. The van der Waals surface area contributed by atoms with Gasteiger partial charge in [-0.25, -0.2) is 9.36 Å². The third-order valence-corrected chi connectivity index (χ3v) is 5.08. The van der Waals surface area contributed by atoms with Crippen LogP contribution in [0.2, 0.25) is 0 Å². The Bertz CT molecular complexity index is 1470. The van der Waals surface area contributed by atoms with Crippen molar-refractivity contribution in [2.45, 2.75) is 6.92 Å². The molecule has 0 aliphatic rings. The molecule has 3 aromatic heterocycles. The normalized spacial score (nSPS) is 12.5. The molecule has 0 aliphatic heterocycles. The van der Waals surface area contributed by atoms with Gasteiger partial charge in [0, 0.05) is 22.8 Å². The molecular formula is C23H17ClN4O2. The molecule has 7 heteroatoms. The predicted octanol–water partition coefficient (Wildman–Crippen LogP) is 4.33. The molecule has 0 atom stereocenters. The number of H-pyrrole nitrogens is 1. The van der Waals surface area contributed by atoms with Gasteiger partial charge in [-0.05, 0) is 48.4 Å². The number of pyridine rings is 2. The molecule has 4 aromatic rings. The van der Waals surface area contributed by atoms with Crippen LogP contribution in [-0.4, -0.2) is 19.5 Å². The minimum absolute atomic E-state index is 0.330. The molecule has 0 spiro atoms. The fourth-order valence-corrected chi connectivity index (χ4v) is 3.70. The molecule has 0 unspecified atom stereocenters. The topological polar surface area (TPSA) is 80.6 Å². The Kier molecular flexibility index (Phi) is 5.16. The average molecular weight is 417 g/mol. The first-order chi connectivity index (χ1) is 14.5. The highest BCUT2D eigenvalue weighted by Crippen LogP contribution is 2.27. The van der Waals surface area contributed by atoms with Crippen molar-refractivity contribution in [2.75, 3.05) is 0 Å². The number of rotatable bonds is 4. The molecule has 3 heterocycles. The van der Waals surface area contributed by atoms with Crippen molar-refractivity contribution in [3.63, 3.8) is 0 Å². The molecule has 30 heavy (non-hydrogen) atoms. The van der Waals surface area contributed by atoms with Gasteiger partial charge in [0.1, 0.15) is 0 Å². The summed E-state index contributed by atoms with van der Waals surface area (Å²) in [6.45, 7) is 5.52. The number of fused-ring (bicyclic) bond motifs is 2. The number of hydrogen-bond donors (Lipinski definition) is 1. The molecule has 0 aliphatic carbocycles. The van der Waals surface area contributed by atoms with Crippen molar-refractivity contribution in [3.8, 4) is 5.69 Å². The van der Waals surface area contributed by atoms with Crippen LogP contribution in [0, 0.1) is 0 Å². The van der Waals surface area contributed by atoms with Gasteiger partial charge in [0.05, 0.1) is 28.3 Å². The zero-order valence-corrected chi connectivity index (χ0v) is 16.8. The molecule has 6 nitrogen and oxygen atoms in total. The molecule has 4 rings (SSSR count). The summed E-state index contributed by atoms with van der Waals surface area (Å²) in [5.74, 6) is 0. The van der Waals surface area contributed by atoms with Gasteiger partial charge in [0.25, 0.3) is 5.56 Å². The molecule has 1 aromatic carbocycles. The second kappa shape index (κ2) is 7.93. The number of benzene rings is 1. The number of nitrogens with zero attached hydrogens (tertiary/aromatic N) is 3. The standard InChI is InChI=1S/C23H17ClN4O2/c1-3-6-18(24)16(4-2)14-8-9-17-19(11-14)27-23(30)28(22(17)29)20-13-25-12-15-7-5-10-26-21(15)20/h3-13H,1H2,2H3,(H,27,30)/b16-4-,18-6+. The van der Waals surface area contributed by atoms with Crippen molar-refractivity contribution in [2.24, 2.45) is 0 Å². The maximum absolute atomic E-state index is 13.2. The highest BCUT2D eigenvalue weighted by atomic mass is 35.5. The van der Waals surface area contributed by atoms with E-state index < -0.39 is 11.2 Å². The summed E-state index contributed by atoms with van der Waals surface area (Å²) in [5, 5.41) is 1.61. The van der Waals surface area contributed by atoms with E-state index in [1.165, 1.54) is 6.20 Å². The first-order valence-electron chi connectivity index (χ1n) is 9.18. The maximum Gasteiger partial charge on any atom is 0.333 e. The van der Waals surface area contributed by atoms with Crippen molar-refractivity contribution >= 4 is 39.0 Å². The van der Waals surface area contributed by atoms with Gasteiger partial charge in [0.2, 0.25) is 0 Å². The highest BCUT2D eigenvalue weighted by molar-refractivity contribution is 6.37. The number of halogens is 1. The van der Waals surface area contributed by atoms with Gasteiger partial charge >= 0.3 is 5.69 Å². The van der Waals surface area contributed by atoms with Gasteiger partial charge in [-0.2, -0.15) is 0 Å². The van der Waals surface area contributed by atoms with Gasteiger partial charge in [-0.1, -0.05) is 36.4 Å². The third kappa shape index (κ3) is 3.27. The molecule has 1 N–H and O–H groups in total. The smallest absolute Gasteiger partial charge is 0.306 e. The second-order valence-corrected chi connectivity index (χ2v) is 6.92. The van der Waals surface area contributed by atoms with Crippen LogP contribution in [0.3, 0.4) is 0 Å². The lowest BCUT2D eigenvalue weighted by molar-refractivity contribution is 0.899. The fourth-order valence-electron chi connectivity index (χ4n) is 3.39. The van der Waals surface area contributed by atoms with Crippen molar-refractivity contribution in [3.05, 3.63) is 105 Å². The van der Waals surface area contributed by atoms with Crippen LogP contribution in [0.5, 0.6) is 0 Å². The van der Waals surface area contributed by atoms with Crippen LogP contribution < -0.4 is 11.2 Å². The lowest BCUT2D eigenvalue weighted by Crippen LogP contribution is -2.34. The largest absolute Gasteiger partial charge is 0.333 e. The Morgan fingerprint density at radius 2 is 2.07 bits per heavy atom. The van der Waals surface area contributed by atoms with E-state index in [0.717, 1.165) is 21.1 Å². The van der Waals surface area contributed by atoms with Crippen LogP contribution in [0.15, 0.2) is 88.4 Å². The van der Waals surface area contributed by atoms with Gasteiger partial charge in [0.15, 0.2) is 0 Å². The molecular weight excluding hydrogens is 400 g/mol. The van der Waals surface area contributed by atoms with E-state index in [4.69, 9.17) is 11.6 Å². The first-order valence-corrected chi connectivity index (χ1v) is 9.56. The second-order valence-electron chi connectivity index (χ2n) is 6.52. The van der Waals surface area contributed by atoms with Crippen LogP contribution in [0.4, 0.5) is 0 Å². The van der Waals surface area contributed by atoms with E-state index in [1.807, 2.05) is 19.1 Å². The zero-order valence-electron chi connectivity index (χ0n) is 16.1. The lowest BCUT2D eigenvalue weighted by atomic mass is 10.0. The minimum Gasteiger partial charge on any atom is -0.306 e. The van der Waals surface area contributed by atoms with Crippen molar-refractivity contribution in [1.82, 2.24) is 19.5 Å². The summed E-state index contributed by atoms with van der Waals surface area (Å²) in [5.41, 5.74) is 1.79. The van der Waals surface area contributed by atoms with E-state index in [0.29, 0.717) is 27.1 Å².